The van der Waals surface area contributed by atoms with Gasteiger partial charge in [0.25, 0.3) is 0 Å². The van der Waals surface area contributed by atoms with Crippen LogP contribution in [0.2, 0.25) is 5.02 Å². The minimum Gasteiger partial charge on any atom is -0.388 e. The quantitative estimate of drug-likeness (QED) is 0.741. The van der Waals surface area contributed by atoms with E-state index in [-0.39, 0.29) is 12.3 Å². The van der Waals surface area contributed by atoms with Gasteiger partial charge in [-0.3, -0.25) is 0 Å². The molecule has 0 radical (unpaired) electrons. The standard InChI is InChI=1S/C12H9ClF2N4O2/c1-12(14,15)11-5-8(17-21-11)6-20-19-10-4-7(13)2-3-9(10)16-18-19/h2-5H,6H2,1H3. The highest BCUT2D eigenvalue weighted by Gasteiger charge is 2.30. The molecule has 0 saturated carbocycles. The molecule has 110 valence electrons. The predicted molar refractivity (Wildman–Crippen MR) is 68.9 cm³/mol. The number of rotatable bonds is 4. The first-order valence-corrected chi connectivity index (χ1v) is 6.29. The lowest BCUT2D eigenvalue weighted by Crippen LogP contribution is -2.13. The molecule has 3 rings (SSSR count). The second kappa shape index (κ2) is 4.96. The minimum absolute atomic E-state index is 0.0927. The third kappa shape index (κ3) is 2.80. The molecule has 0 spiro atoms. The number of fused-ring (bicyclic) bond motifs is 1. The van der Waals surface area contributed by atoms with Gasteiger partial charge in [0, 0.05) is 18.0 Å². The Bertz CT molecular complexity index is 781. The molecule has 0 N–H and O–H groups in total. The molecule has 0 unspecified atom stereocenters. The smallest absolute Gasteiger partial charge is 0.304 e. The largest absolute Gasteiger partial charge is 0.388 e. The van der Waals surface area contributed by atoms with Crippen molar-refractivity contribution < 1.29 is 18.1 Å². The lowest BCUT2D eigenvalue weighted by Gasteiger charge is -2.03. The van der Waals surface area contributed by atoms with Gasteiger partial charge in [0.2, 0.25) is 5.76 Å². The van der Waals surface area contributed by atoms with Gasteiger partial charge >= 0.3 is 5.92 Å². The van der Waals surface area contributed by atoms with Gasteiger partial charge in [-0.05, 0) is 23.4 Å². The SMILES string of the molecule is CC(F)(F)c1cc(COn2nnc3ccc(Cl)cc32)no1. The summed E-state index contributed by atoms with van der Waals surface area (Å²) in [5.41, 5.74) is 1.38. The van der Waals surface area contributed by atoms with Crippen LogP contribution in [0.4, 0.5) is 8.78 Å². The van der Waals surface area contributed by atoms with Gasteiger partial charge in [-0.25, -0.2) is 0 Å². The molecule has 21 heavy (non-hydrogen) atoms. The lowest BCUT2D eigenvalue weighted by molar-refractivity contribution is -0.0106. The number of halogens is 3. The monoisotopic (exact) mass is 314 g/mol. The molecular formula is C12H9ClF2N4O2. The van der Waals surface area contributed by atoms with Gasteiger partial charge in [-0.1, -0.05) is 21.6 Å². The van der Waals surface area contributed by atoms with E-state index in [2.05, 4.69) is 20.0 Å². The van der Waals surface area contributed by atoms with E-state index in [0.717, 1.165) is 17.8 Å². The van der Waals surface area contributed by atoms with Crippen LogP contribution in [-0.4, -0.2) is 20.3 Å². The van der Waals surface area contributed by atoms with E-state index in [4.69, 9.17) is 16.4 Å². The van der Waals surface area contributed by atoms with Crippen LogP contribution in [0.3, 0.4) is 0 Å². The van der Waals surface area contributed by atoms with Crippen molar-refractivity contribution in [2.45, 2.75) is 19.5 Å². The second-order valence-corrected chi connectivity index (χ2v) is 4.88. The first-order chi connectivity index (χ1) is 9.93. The van der Waals surface area contributed by atoms with Crippen molar-refractivity contribution in [3.8, 4) is 0 Å². The fraction of sp³-hybridized carbons (Fsp3) is 0.250. The number of hydrogen-bond donors (Lipinski definition) is 0. The molecular weight excluding hydrogens is 306 g/mol. The van der Waals surface area contributed by atoms with Gasteiger partial charge < -0.3 is 9.36 Å². The van der Waals surface area contributed by atoms with E-state index >= 15 is 0 Å². The highest BCUT2D eigenvalue weighted by Crippen LogP contribution is 2.27. The van der Waals surface area contributed by atoms with Crippen molar-refractivity contribution >= 4 is 22.6 Å². The Kier molecular flexibility index (Phi) is 3.25. The molecule has 6 nitrogen and oxygen atoms in total. The van der Waals surface area contributed by atoms with Crippen LogP contribution in [0.25, 0.3) is 11.0 Å². The molecule has 3 aromatic rings. The summed E-state index contributed by atoms with van der Waals surface area (Å²) >= 11 is 5.88. The van der Waals surface area contributed by atoms with Crippen LogP contribution in [0.1, 0.15) is 18.4 Å². The van der Waals surface area contributed by atoms with Crippen molar-refractivity contribution in [1.82, 2.24) is 20.3 Å². The molecule has 0 aliphatic carbocycles. The Morgan fingerprint density at radius 2 is 2.19 bits per heavy atom. The van der Waals surface area contributed by atoms with Crippen LogP contribution < -0.4 is 4.84 Å². The van der Waals surface area contributed by atoms with Crippen LogP contribution in [0, 0.1) is 0 Å². The summed E-state index contributed by atoms with van der Waals surface area (Å²) in [6.45, 7) is 0.635. The van der Waals surface area contributed by atoms with Crippen molar-refractivity contribution in [2.75, 3.05) is 0 Å². The van der Waals surface area contributed by atoms with Gasteiger partial charge in [0.05, 0.1) is 0 Å². The molecule has 0 saturated heterocycles. The fourth-order valence-electron chi connectivity index (χ4n) is 1.68. The molecule has 0 atom stereocenters. The van der Waals surface area contributed by atoms with Crippen LogP contribution in [0.5, 0.6) is 0 Å². The Morgan fingerprint density at radius 3 is 2.90 bits per heavy atom. The summed E-state index contributed by atoms with van der Waals surface area (Å²) in [6.07, 6.45) is 0. The maximum Gasteiger partial charge on any atom is 0.304 e. The fourth-order valence-corrected chi connectivity index (χ4v) is 1.85. The van der Waals surface area contributed by atoms with Crippen LogP contribution >= 0.6 is 11.6 Å². The van der Waals surface area contributed by atoms with Crippen molar-refractivity contribution in [2.24, 2.45) is 0 Å². The summed E-state index contributed by atoms with van der Waals surface area (Å²) in [6, 6.07) is 6.13. The number of alkyl halides is 2. The molecule has 0 amide bonds. The maximum atomic E-state index is 13.0. The van der Waals surface area contributed by atoms with E-state index in [1.165, 1.54) is 0 Å². The summed E-state index contributed by atoms with van der Waals surface area (Å²) in [7, 11) is 0. The summed E-state index contributed by atoms with van der Waals surface area (Å²) < 4.78 is 30.6. The zero-order valence-corrected chi connectivity index (χ0v) is 11.5. The van der Waals surface area contributed by atoms with E-state index in [1.54, 1.807) is 18.2 Å². The normalized spacial score (nSPS) is 12.0. The third-order valence-electron chi connectivity index (χ3n) is 2.70. The Morgan fingerprint density at radius 1 is 1.38 bits per heavy atom. The van der Waals surface area contributed by atoms with E-state index in [1.807, 2.05) is 0 Å². The van der Waals surface area contributed by atoms with Crippen LogP contribution in [0.15, 0.2) is 28.8 Å². The number of aromatic nitrogens is 4. The Hall–Kier alpha value is -2.22. The minimum atomic E-state index is -3.08. The number of benzene rings is 1. The van der Waals surface area contributed by atoms with Gasteiger partial charge in [-0.2, -0.15) is 8.78 Å². The maximum absolute atomic E-state index is 13.0. The summed E-state index contributed by atoms with van der Waals surface area (Å²) in [4.78, 5) is 6.50. The van der Waals surface area contributed by atoms with Gasteiger partial charge in [0.1, 0.15) is 16.7 Å². The van der Waals surface area contributed by atoms with Gasteiger partial charge in [-0.15, -0.1) is 5.10 Å². The van der Waals surface area contributed by atoms with Crippen molar-refractivity contribution in [3.63, 3.8) is 0 Å². The number of hydrogen-bond acceptors (Lipinski definition) is 5. The van der Waals surface area contributed by atoms with E-state index in [0.29, 0.717) is 16.1 Å². The Labute approximate surface area is 122 Å². The zero-order chi connectivity index (χ0) is 15.0. The molecule has 1 aromatic carbocycles. The van der Waals surface area contributed by atoms with Crippen LogP contribution in [-0.2, 0) is 12.5 Å². The molecule has 2 aromatic heterocycles. The lowest BCUT2D eigenvalue weighted by atomic mass is 10.3. The summed E-state index contributed by atoms with van der Waals surface area (Å²) in [5, 5.41) is 11.7. The van der Waals surface area contributed by atoms with Gasteiger partial charge in [0.15, 0.2) is 6.61 Å². The van der Waals surface area contributed by atoms with E-state index < -0.39 is 11.7 Å². The average molecular weight is 315 g/mol. The molecule has 9 heteroatoms. The highest BCUT2D eigenvalue weighted by molar-refractivity contribution is 6.31. The third-order valence-corrected chi connectivity index (χ3v) is 2.94. The zero-order valence-electron chi connectivity index (χ0n) is 10.8. The average Bonchev–Trinajstić information content (AvgIpc) is 3.01. The van der Waals surface area contributed by atoms with E-state index in [9.17, 15) is 8.78 Å². The molecule has 2 heterocycles. The number of nitrogens with zero attached hydrogens (tertiary/aromatic N) is 4. The molecule has 0 bridgehead atoms. The molecule has 0 fully saturated rings. The summed E-state index contributed by atoms with van der Waals surface area (Å²) in [5.74, 6) is -3.61. The highest BCUT2D eigenvalue weighted by atomic mass is 35.5. The molecule has 0 aliphatic heterocycles. The van der Waals surface area contributed by atoms with Crippen molar-refractivity contribution in [1.29, 1.82) is 0 Å². The predicted octanol–water partition coefficient (Wildman–Crippen LogP) is 2.81. The topological polar surface area (TPSA) is 66.0 Å². The first kappa shape index (κ1) is 13.7. The second-order valence-electron chi connectivity index (χ2n) is 4.44. The van der Waals surface area contributed by atoms with Crippen molar-refractivity contribution in [3.05, 3.63) is 40.7 Å². The Balaban J connectivity index is 1.77. The molecule has 0 aliphatic rings. The first-order valence-electron chi connectivity index (χ1n) is 5.91.